The molecule has 0 aliphatic rings. The van der Waals surface area contributed by atoms with Crippen molar-refractivity contribution < 1.29 is 9.66 Å². The molecule has 0 saturated carbocycles. The van der Waals surface area contributed by atoms with Gasteiger partial charge in [0.1, 0.15) is 0 Å². The van der Waals surface area contributed by atoms with E-state index in [2.05, 4.69) is 36.4 Å². The molecule has 0 aliphatic carbocycles. The number of nitrogens with zero attached hydrogens (tertiary/aromatic N) is 1. The molecular weight excluding hydrogens is 441 g/mol. The zero-order chi connectivity index (χ0) is 22.6. The van der Waals surface area contributed by atoms with Crippen LogP contribution in [0.25, 0.3) is 0 Å². The summed E-state index contributed by atoms with van der Waals surface area (Å²) in [6.07, 6.45) is 0.427. The first-order chi connectivity index (χ1) is 15.5. The molecule has 6 heteroatoms. The van der Waals surface area contributed by atoms with E-state index < -0.39 is 10.9 Å². The molecule has 4 nitrogen and oxygen atoms in total. The van der Waals surface area contributed by atoms with E-state index in [1.807, 2.05) is 60.7 Å². The quantitative estimate of drug-likeness (QED) is 0.198. The summed E-state index contributed by atoms with van der Waals surface area (Å²) < 4.78 is 5.21. The first-order valence-corrected chi connectivity index (χ1v) is 13.5. The Kier molecular flexibility index (Phi) is 6.01. The van der Waals surface area contributed by atoms with E-state index in [4.69, 9.17) is 16.0 Å². The molecule has 0 spiro atoms. The van der Waals surface area contributed by atoms with Crippen molar-refractivity contribution in [3.05, 3.63) is 125 Å². The van der Waals surface area contributed by atoms with Crippen molar-refractivity contribution in [2.75, 3.05) is 7.11 Å². The number of nitro benzene ring substituents is 1. The number of ether oxygens (including phenoxy) is 1. The molecule has 0 heterocycles. The average Bonchev–Trinajstić information content (AvgIpc) is 2.85. The molecule has 0 aliphatic heterocycles. The summed E-state index contributed by atoms with van der Waals surface area (Å²) >= 11 is 8.04. The minimum absolute atomic E-state index is 0.0686. The van der Waals surface area contributed by atoms with Crippen molar-refractivity contribution >= 4 is 38.8 Å². The molecule has 32 heavy (non-hydrogen) atoms. The monoisotopic (exact) mass is 463 g/mol. The SMILES string of the molecule is COc1ccc(CP(Cl)(c2ccccc2)(c2ccccc2)c2ccccc2)cc1[N+](=O)[O-]. The van der Waals surface area contributed by atoms with E-state index in [0.717, 1.165) is 21.5 Å². The number of rotatable bonds is 7. The van der Waals surface area contributed by atoms with Gasteiger partial charge in [-0.1, -0.05) is 0 Å². The first-order valence-electron chi connectivity index (χ1n) is 10.2. The van der Waals surface area contributed by atoms with Gasteiger partial charge in [-0.05, 0) is 0 Å². The van der Waals surface area contributed by atoms with Gasteiger partial charge in [0.25, 0.3) is 0 Å². The van der Waals surface area contributed by atoms with Crippen molar-refractivity contribution in [3.8, 4) is 5.75 Å². The molecule has 0 amide bonds. The Morgan fingerprint density at radius 3 is 1.59 bits per heavy atom. The Bertz CT molecular complexity index is 1130. The van der Waals surface area contributed by atoms with Gasteiger partial charge in [-0.3, -0.25) is 0 Å². The third-order valence-corrected chi connectivity index (χ3v) is 13.0. The second-order valence-electron chi connectivity index (χ2n) is 7.61. The Hall–Kier alpha value is -3.20. The molecular formula is C26H23ClNO3P. The van der Waals surface area contributed by atoms with E-state index in [-0.39, 0.29) is 11.4 Å². The number of hydrogen-bond donors (Lipinski definition) is 0. The zero-order valence-electron chi connectivity index (χ0n) is 17.6. The van der Waals surface area contributed by atoms with Crippen LogP contribution in [-0.2, 0) is 6.16 Å². The van der Waals surface area contributed by atoms with Gasteiger partial charge < -0.3 is 0 Å². The van der Waals surface area contributed by atoms with E-state index in [9.17, 15) is 10.1 Å². The van der Waals surface area contributed by atoms with Gasteiger partial charge in [-0.2, -0.15) is 0 Å². The Balaban J connectivity index is 2.05. The number of nitro groups is 1. The Morgan fingerprint density at radius 2 is 1.22 bits per heavy atom. The third kappa shape index (κ3) is 3.66. The number of benzene rings is 4. The van der Waals surface area contributed by atoms with Crippen LogP contribution in [0.15, 0.2) is 109 Å². The van der Waals surface area contributed by atoms with Crippen molar-refractivity contribution in [2.24, 2.45) is 0 Å². The Morgan fingerprint density at radius 1 is 0.781 bits per heavy atom. The van der Waals surface area contributed by atoms with Crippen molar-refractivity contribution in [2.45, 2.75) is 6.16 Å². The predicted molar refractivity (Wildman–Crippen MR) is 134 cm³/mol. The number of halogens is 1. The normalized spacial score (nSPS) is 12.5. The van der Waals surface area contributed by atoms with E-state index in [0.29, 0.717) is 6.16 Å². The summed E-state index contributed by atoms with van der Waals surface area (Å²) in [7, 11) is 1.43. The number of hydrogen-bond acceptors (Lipinski definition) is 3. The zero-order valence-corrected chi connectivity index (χ0v) is 19.2. The Labute approximate surface area is 192 Å². The van der Waals surface area contributed by atoms with Crippen LogP contribution in [0.2, 0.25) is 0 Å². The second kappa shape index (κ2) is 8.74. The molecule has 0 unspecified atom stereocenters. The maximum absolute atomic E-state index is 11.7. The van der Waals surface area contributed by atoms with Gasteiger partial charge in [-0.15, -0.1) is 0 Å². The van der Waals surface area contributed by atoms with Gasteiger partial charge in [0.15, 0.2) is 0 Å². The topological polar surface area (TPSA) is 52.4 Å². The van der Waals surface area contributed by atoms with Crippen molar-refractivity contribution in [3.63, 3.8) is 0 Å². The molecule has 0 saturated heterocycles. The molecule has 4 aromatic rings. The van der Waals surface area contributed by atoms with Crippen LogP contribution in [0, 0.1) is 10.1 Å². The average molecular weight is 464 g/mol. The summed E-state index contributed by atoms with van der Waals surface area (Å²) in [4.78, 5) is 11.3. The number of methoxy groups -OCH3 is 1. The predicted octanol–water partition coefficient (Wildman–Crippen LogP) is 5.79. The molecule has 4 aromatic carbocycles. The van der Waals surface area contributed by atoms with E-state index in [1.165, 1.54) is 7.11 Å². The molecule has 0 fully saturated rings. The molecule has 0 bridgehead atoms. The van der Waals surface area contributed by atoms with Crippen LogP contribution in [0.3, 0.4) is 0 Å². The fourth-order valence-electron chi connectivity index (χ4n) is 4.26. The van der Waals surface area contributed by atoms with Crippen LogP contribution >= 0.6 is 17.2 Å². The molecule has 0 N–H and O–H groups in total. The first kappa shape index (κ1) is 22.0. The van der Waals surface area contributed by atoms with Gasteiger partial charge in [-0.25, -0.2) is 0 Å². The van der Waals surface area contributed by atoms with E-state index in [1.54, 1.807) is 12.1 Å². The molecule has 162 valence electrons. The third-order valence-electron chi connectivity index (χ3n) is 5.80. The molecule has 0 atom stereocenters. The maximum atomic E-state index is 11.7. The molecule has 0 aromatic heterocycles. The van der Waals surface area contributed by atoms with Crippen LogP contribution in [-0.4, -0.2) is 12.0 Å². The second-order valence-corrected chi connectivity index (χ2v) is 14.1. The van der Waals surface area contributed by atoms with E-state index >= 15 is 0 Å². The van der Waals surface area contributed by atoms with Crippen LogP contribution < -0.4 is 20.7 Å². The van der Waals surface area contributed by atoms with Gasteiger partial charge in [0.2, 0.25) is 0 Å². The van der Waals surface area contributed by atoms with Gasteiger partial charge in [0, 0.05) is 0 Å². The minimum atomic E-state index is -3.56. The summed E-state index contributed by atoms with van der Waals surface area (Å²) in [5.74, 6) is -3.33. The molecule has 0 radical (unpaired) electrons. The summed E-state index contributed by atoms with van der Waals surface area (Å²) in [5, 5.41) is 14.7. The summed E-state index contributed by atoms with van der Waals surface area (Å²) in [6, 6.07) is 35.3. The molecule has 4 rings (SSSR count). The van der Waals surface area contributed by atoms with Crippen LogP contribution in [0.1, 0.15) is 5.56 Å². The fraction of sp³-hybridized carbons (Fsp3) is 0.0769. The fourth-order valence-corrected chi connectivity index (χ4v) is 10.4. The van der Waals surface area contributed by atoms with Crippen LogP contribution in [0.4, 0.5) is 5.69 Å². The van der Waals surface area contributed by atoms with Gasteiger partial charge >= 0.3 is 192 Å². The van der Waals surface area contributed by atoms with Gasteiger partial charge in [0.05, 0.1) is 0 Å². The van der Waals surface area contributed by atoms with Crippen molar-refractivity contribution in [1.82, 2.24) is 0 Å². The summed E-state index contributed by atoms with van der Waals surface area (Å²) in [6.45, 7) is 0. The summed E-state index contributed by atoms with van der Waals surface area (Å²) in [5.41, 5.74) is 0.711. The van der Waals surface area contributed by atoms with Crippen LogP contribution in [0.5, 0.6) is 5.75 Å². The standard InChI is InChI=1S/C26H23ClNO3P/c1-31-26-18-17-21(19-25(26)28(29)30)20-32(27,22-11-5-2-6-12-22,23-13-7-3-8-14-23)24-15-9-4-10-16-24/h2-19H,20H2,1H3. The van der Waals surface area contributed by atoms with Crippen molar-refractivity contribution in [1.29, 1.82) is 0 Å².